The molecule has 0 bridgehead atoms. The minimum Gasteiger partial charge on any atom is -0.377 e. The molecule has 178 valence electrons. The minimum atomic E-state index is -5.03. The topological polar surface area (TPSA) is 77.3 Å². The highest BCUT2D eigenvalue weighted by molar-refractivity contribution is 5.96. The number of halogens is 7. The largest absolute Gasteiger partial charge is 0.416 e. The van der Waals surface area contributed by atoms with Crippen molar-refractivity contribution < 1.29 is 45.1 Å². The molecule has 14 heteroatoms. The molecule has 1 aromatic carbocycles. The van der Waals surface area contributed by atoms with E-state index in [4.69, 9.17) is 0 Å². The first-order valence-corrected chi connectivity index (χ1v) is 9.12. The van der Waals surface area contributed by atoms with Crippen LogP contribution in [0.4, 0.5) is 30.7 Å². The summed E-state index contributed by atoms with van der Waals surface area (Å²) >= 11 is 0. The number of hydrogen-bond acceptors (Lipinski definition) is 5. The van der Waals surface area contributed by atoms with E-state index in [1.807, 2.05) is 0 Å². The highest BCUT2D eigenvalue weighted by Crippen LogP contribution is 2.38. The Hall–Kier alpha value is -3.29. The fraction of sp³-hybridized carbons (Fsp3) is 0.368. The Morgan fingerprint density at radius 2 is 1.67 bits per heavy atom. The predicted molar refractivity (Wildman–Crippen MR) is 98.1 cm³/mol. The van der Waals surface area contributed by atoms with Crippen LogP contribution in [0.3, 0.4) is 0 Å². The van der Waals surface area contributed by atoms with Crippen molar-refractivity contribution in [2.24, 2.45) is 0 Å². The summed E-state index contributed by atoms with van der Waals surface area (Å²) < 4.78 is 97.7. The molecule has 3 rings (SSSR count). The molecule has 1 amide bonds. The molecule has 1 aliphatic rings. The monoisotopic (exact) mass is 480 g/mol. The molecule has 1 aromatic heterocycles. The molecule has 0 aliphatic carbocycles. The van der Waals surface area contributed by atoms with Gasteiger partial charge in [-0.25, -0.2) is 14.1 Å². The highest BCUT2D eigenvalue weighted by Gasteiger charge is 2.50. The lowest BCUT2D eigenvalue weighted by Gasteiger charge is -2.42. The van der Waals surface area contributed by atoms with Crippen LogP contribution in [0.1, 0.15) is 11.1 Å². The third-order valence-electron chi connectivity index (χ3n) is 4.69. The quantitative estimate of drug-likeness (QED) is 0.469. The summed E-state index contributed by atoms with van der Waals surface area (Å²) in [6.45, 7) is -1.40. The van der Waals surface area contributed by atoms with Gasteiger partial charge in [0.25, 0.3) is 0 Å². The summed E-state index contributed by atoms with van der Waals surface area (Å²) in [4.78, 5) is 28.4. The van der Waals surface area contributed by atoms with Gasteiger partial charge in [0.2, 0.25) is 11.6 Å². The number of Topliss-reactive ketones (excluding diaryl/α,β-unsaturated/α-hetero) is 1. The summed E-state index contributed by atoms with van der Waals surface area (Å²) in [5.41, 5.74) is -5.79. The molecule has 1 aliphatic heterocycles. The van der Waals surface area contributed by atoms with Gasteiger partial charge in [0, 0.05) is 24.9 Å². The Morgan fingerprint density at radius 1 is 1.09 bits per heavy atom. The van der Waals surface area contributed by atoms with Gasteiger partial charge in [0.1, 0.15) is 12.9 Å². The number of amides is 1. The van der Waals surface area contributed by atoms with E-state index in [-0.39, 0.29) is 6.07 Å². The second-order valence-corrected chi connectivity index (χ2v) is 7.17. The first kappa shape index (κ1) is 24.4. The van der Waals surface area contributed by atoms with Crippen molar-refractivity contribution in [1.29, 1.82) is 0 Å². The molecule has 0 saturated carbocycles. The van der Waals surface area contributed by atoms with E-state index >= 15 is 0 Å². The minimum absolute atomic E-state index is 0.0194. The number of nitrogens with zero attached hydrogens (tertiary/aromatic N) is 4. The summed E-state index contributed by atoms with van der Waals surface area (Å²) in [5.74, 6) is -1.94. The van der Waals surface area contributed by atoms with Gasteiger partial charge >= 0.3 is 12.4 Å². The second kappa shape index (κ2) is 8.57. The number of benzene rings is 1. The van der Waals surface area contributed by atoms with Crippen LogP contribution in [-0.4, -0.2) is 63.8 Å². The molecule has 0 N–H and O–H groups in total. The summed E-state index contributed by atoms with van der Waals surface area (Å²) in [6, 6.07) is 0.928. The van der Waals surface area contributed by atoms with Crippen LogP contribution in [-0.2, 0) is 26.7 Å². The van der Waals surface area contributed by atoms with Crippen molar-refractivity contribution in [1.82, 2.24) is 19.7 Å². The van der Waals surface area contributed by atoms with Gasteiger partial charge in [-0.05, 0) is 18.2 Å². The van der Waals surface area contributed by atoms with Gasteiger partial charge in [-0.1, -0.05) is 0 Å². The van der Waals surface area contributed by atoms with E-state index in [1.54, 1.807) is 0 Å². The lowest BCUT2D eigenvalue weighted by molar-refractivity contribution is -0.154. The van der Waals surface area contributed by atoms with Gasteiger partial charge < -0.3 is 9.64 Å². The maximum absolute atomic E-state index is 14.2. The molecule has 1 saturated heterocycles. The zero-order valence-corrected chi connectivity index (χ0v) is 16.7. The lowest BCUT2D eigenvalue weighted by atomic mass is 9.91. The number of likely N-dealkylation sites (tertiary alicyclic amines) is 1. The molecule has 0 unspecified atom stereocenters. The number of methoxy groups -OCH3 is 1. The van der Waals surface area contributed by atoms with E-state index in [2.05, 4.69) is 14.8 Å². The number of carbonyl (C=O) groups is 2. The molecule has 0 atom stereocenters. The molecule has 7 nitrogen and oxygen atoms in total. The normalized spacial score (nSPS) is 16.2. The van der Waals surface area contributed by atoms with Crippen LogP contribution in [0.5, 0.6) is 0 Å². The van der Waals surface area contributed by atoms with Crippen molar-refractivity contribution in [3.63, 3.8) is 0 Å². The van der Waals surface area contributed by atoms with Crippen LogP contribution < -0.4 is 0 Å². The molecule has 33 heavy (non-hydrogen) atoms. The second-order valence-electron chi connectivity index (χ2n) is 7.17. The van der Waals surface area contributed by atoms with Gasteiger partial charge in [-0.3, -0.25) is 9.59 Å². The first-order chi connectivity index (χ1) is 15.2. The SMILES string of the molecule is COCC(=O)C1(F)CN(C(=O)/C=C\n2cnc(-c3cc(C(F)(F)F)cc(C(F)(F)F)c3)n2)C1. The molecule has 1 fully saturated rings. The van der Waals surface area contributed by atoms with Gasteiger partial charge in [0.15, 0.2) is 11.6 Å². The highest BCUT2D eigenvalue weighted by atomic mass is 19.4. The lowest BCUT2D eigenvalue weighted by Crippen LogP contribution is -2.65. The number of alkyl halides is 7. The van der Waals surface area contributed by atoms with Gasteiger partial charge in [-0.15, -0.1) is 5.10 Å². The van der Waals surface area contributed by atoms with Crippen LogP contribution in [0, 0.1) is 0 Å². The van der Waals surface area contributed by atoms with Crippen LogP contribution >= 0.6 is 0 Å². The average molecular weight is 480 g/mol. The van der Waals surface area contributed by atoms with E-state index < -0.39 is 71.9 Å². The number of ether oxygens (including phenoxy) is 1. The zero-order chi connectivity index (χ0) is 24.6. The third-order valence-corrected chi connectivity index (χ3v) is 4.69. The van der Waals surface area contributed by atoms with Gasteiger partial charge in [0.05, 0.1) is 24.2 Å². The number of carbonyl (C=O) groups excluding carboxylic acids is 2. The maximum Gasteiger partial charge on any atom is 0.416 e. The summed E-state index contributed by atoms with van der Waals surface area (Å²) in [7, 11) is 1.22. The summed E-state index contributed by atoms with van der Waals surface area (Å²) in [5, 5.41) is 3.75. The number of aromatic nitrogens is 3. The van der Waals surface area contributed by atoms with E-state index in [1.165, 1.54) is 7.11 Å². The van der Waals surface area contributed by atoms with Crippen molar-refractivity contribution in [2.45, 2.75) is 18.0 Å². The van der Waals surface area contributed by atoms with Crippen molar-refractivity contribution in [3.05, 3.63) is 41.7 Å². The average Bonchev–Trinajstić information content (AvgIpc) is 3.17. The van der Waals surface area contributed by atoms with Crippen LogP contribution in [0.2, 0.25) is 0 Å². The van der Waals surface area contributed by atoms with E-state index in [9.17, 15) is 40.3 Å². The smallest absolute Gasteiger partial charge is 0.377 e. The van der Waals surface area contributed by atoms with Gasteiger partial charge in [-0.2, -0.15) is 26.3 Å². The van der Waals surface area contributed by atoms with Crippen molar-refractivity contribution in [3.8, 4) is 11.4 Å². The maximum atomic E-state index is 14.2. The number of hydrogen-bond donors (Lipinski definition) is 0. The molecule has 0 radical (unpaired) electrons. The fourth-order valence-electron chi connectivity index (χ4n) is 2.96. The predicted octanol–water partition coefficient (Wildman–Crippen LogP) is 3.22. The van der Waals surface area contributed by atoms with E-state index in [0.29, 0.717) is 12.1 Å². The van der Waals surface area contributed by atoms with Crippen LogP contribution in [0.15, 0.2) is 30.6 Å². The molecule has 2 aromatic rings. The van der Waals surface area contributed by atoms with Crippen LogP contribution in [0.25, 0.3) is 17.6 Å². The number of ketones is 1. The number of rotatable bonds is 6. The van der Waals surface area contributed by atoms with Crippen molar-refractivity contribution >= 4 is 17.9 Å². The molecule has 2 heterocycles. The zero-order valence-electron chi connectivity index (χ0n) is 16.7. The molecule has 0 spiro atoms. The fourth-order valence-corrected chi connectivity index (χ4v) is 2.96. The Kier molecular flexibility index (Phi) is 6.33. The van der Waals surface area contributed by atoms with Crippen molar-refractivity contribution in [2.75, 3.05) is 26.8 Å². The van der Waals surface area contributed by atoms with E-state index in [0.717, 1.165) is 28.2 Å². The Balaban J connectivity index is 1.75. The molecular weight excluding hydrogens is 465 g/mol. The molecular formula is C19H15F7N4O3. The standard InChI is InChI=1S/C19H15F7N4O3/c1-33-7-14(31)17(20)8-29(9-17)15(32)2-3-30-10-27-16(28-30)11-4-12(18(21,22)23)6-13(5-11)19(24,25)26/h2-6,10H,7-9H2,1H3/b3-2-. The first-order valence-electron chi connectivity index (χ1n) is 9.12. The third kappa shape index (κ3) is 5.38. The Labute approximate surface area is 181 Å². The summed E-state index contributed by atoms with van der Waals surface area (Å²) in [6.07, 6.45) is -7.13. The Morgan fingerprint density at radius 3 is 2.18 bits per heavy atom. The Bertz CT molecular complexity index is 1050.